The van der Waals surface area contributed by atoms with E-state index in [2.05, 4.69) is 4.72 Å². The number of thioether (sulfide) groups is 1. The Morgan fingerprint density at radius 1 is 1.12 bits per heavy atom. The number of hydrogen-bond acceptors (Lipinski definition) is 6. The van der Waals surface area contributed by atoms with Crippen molar-refractivity contribution in [2.75, 3.05) is 12.3 Å². The number of carbonyl (C=O) groups is 1. The first-order valence-electron chi connectivity index (χ1n) is 9.95. The maximum atomic E-state index is 12.5. The third kappa shape index (κ3) is 5.62. The van der Waals surface area contributed by atoms with Crippen LogP contribution in [0.5, 0.6) is 11.5 Å². The summed E-state index contributed by atoms with van der Waals surface area (Å²) < 4.78 is 38.5. The minimum atomic E-state index is -3.66. The molecule has 0 radical (unpaired) electrons. The van der Waals surface area contributed by atoms with Crippen LogP contribution in [-0.4, -0.2) is 32.0 Å². The van der Waals surface area contributed by atoms with Crippen LogP contribution in [0, 0.1) is 0 Å². The molecular weight excluding hydrogens is 486 g/mol. The van der Waals surface area contributed by atoms with Crippen LogP contribution in [0.1, 0.15) is 21.9 Å². The molecule has 0 amide bonds. The zero-order valence-corrected chi connectivity index (χ0v) is 19.6. The van der Waals surface area contributed by atoms with Crippen molar-refractivity contribution in [2.45, 2.75) is 16.8 Å². The van der Waals surface area contributed by atoms with Crippen LogP contribution in [0.3, 0.4) is 0 Å². The average Bonchev–Trinajstić information content (AvgIpc) is 2.93. The van der Waals surface area contributed by atoms with Crippen LogP contribution in [0.2, 0.25) is 5.02 Å². The van der Waals surface area contributed by atoms with Crippen LogP contribution in [0.25, 0.3) is 0 Å². The zero-order chi connectivity index (χ0) is 23.4. The Balaban J connectivity index is 1.54. The van der Waals surface area contributed by atoms with E-state index in [1.807, 2.05) is 24.3 Å². The molecule has 10 heteroatoms. The lowest BCUT2D eigenvalue weighted by Gasteiger charge is -2.19. The summed E-state index contributed by atoms with van der Waals surface area (Å²) >= 11 is 7.37. The molecule has 0 spiro atoms. The number of fused-ring (bicyclic) bond motifs is 2. The monoisotopic (exact) mass is 505 g/mol. The van der Waals surface area contributed by atoms with Crippen molar-refractivity contribution in [3.8, 4) is 11.5 Å². The molecule has 4 rings (SSSR count). The molecule has 1 unspecified atom stereocenters. The number of sulfonamides is 1. The molecule has 2 N–H and O–H groups in total. The van der Waals surface area contributed by atoms with Gasteiger partial charge in [0, 0.05) is 22.9 Å². The summed E-state index contributed by atoms with van der Waals surface area (Å²) in [7, 11) is -3.66. The molecule has 1 atom stereocenters. The number of nitrogens with one attached hydrogen (secondary N) is 1. The van der Waals surface area contributed by atoms with Crippen LogP contribution >= 0.6 is 23.4 Å². The fraction of sp³-hybridized carbons (Fsp3) is 0.174. The standard InChI is InChI=1S/C23H20ClNO6S2/c24-16-5-8-18(9-6-16)33(28,29)25-11-12-32-22-19-4-2-1-3-15(19)14-30-21-10-7-17(13-20(21)22)31-23(26)27/h1-10,13,22,25H,11-12,14H2,(H,26,27). The van der Waals surface area contributed by atoms with Crippen molar-refractivity contribution >= 4 is 39.5 Å². The number of halogens is 1. The van der Waals surface area contributed by atoms with Crippen LogP contribution < -0.4 is 14.2 Å². The Morgan fingerprint density at radius 2 is 1.88 bits per heavy atom. The van der Waals surface area contributed by atoms with Crippen LogP contribution in [0.15, 0.2) is 71.6 Å². The van der Waals surface area contributed by atoms with Gasteiger partial charge in [-0.2, -0.15) is 0 Å². The average molecular weight is 506 g/mol. The van der Waals surface area contributed by atoms with Gasteiger partial charge in [-0.25, -0.2) is 17.9 Å². The minimum Gasteiger partial charge on any atom is -0.489 e. The lowest BCUT2D eigenvalue weighted by molar-refractivity contribution is 0.144. The second-order valence-electron chi connectivity index (χ2n) is 7.16. The summed E-state index contributed by atoms with van der Waals surface area (Å²) in [6, 6.07) is 18.7. The van der Waals surface area contributed by atoms with Gasteiger partial charge in [-0.3, -0.25) is 0 Å². The van der Waals surface area contributed by atoms with Crippen molar-refractivity contribution in [1.29, 1.82) is 0 Å². The van der Waals surface area contributed by atoms with E-state index in [0.29, 0.717) is 23.1 Å². The summed E-state index contributed by atoms with van der Waals surface area (Å²) in [5.74, 6) is 1.29. The lowest BCUT2D eigenvalue weighted by atomic mass is 10.00. The van der Waals surface area contributed by atoms with Crippen molar-refractivity contribution in [3.63, 3.8) is 0 Å². The second-order valence-corrected chi connectivity index (χ2v) is 10.6. The van der Waals surface area contributed by atoms with Crippen LogP contribution in [0.4, 0.5) is 4.79 Å². The fourth-order valence-electron chi connectivity index (χ4n) is 3.50. The third-order valence-corrected chi connectivity index (χ3v) is 8.00. The molecule has 1 aliphatic heterocycles. The summed E-state index contributed by atoms with van der Waals surface area (Å²) in [4.78, 5) is 11.1. The van der Waals surface area contributed by atoms with Crippen molar-refractivity contribution in [1.82, 2.24) is 4.72 Å². The van der Waals surface area contributed by atoms with Gasteiger partial charge < -0.3 is 14.6 Å². The Morgan fingerprint density at radius 3 is 2.64 bits per heavy atom. The summed E-state index contributed by atoms with van der Waals surface area (Å²) in [6.07, 6.45) is -1.40. The molecule has 7 nitrogen and oxygen atoms in total. The molecule has 3 aromatic rings. The summed E-state index contributed by atoms with van der Waals surface area (Å²) in [5.41, 5.74) is 2.80. The predicted octanol–water partition coefficient (Wildman–Crippen LogP) is 5.09. The normalized spacial score (nSPS) is 15.0. The largest absolute Gasteiger partial charge is 0.511 e. The molecule has 0 saturated carbocycles. The Labute approximate surface area is 200 Å². The molecule has 0 fully saturated rings. The SMILES string of the molecule is O=C(O)Oc1ccc2c(c1)C(SCCNS(=O)(=O)c1ccc(Cl)cc1)c1ccccc1CO2. The van der Waals surface area contributed by atoms with E-state index in [9.17, 15) is 13.2 Å². The number of hydrogen-bond donors (Lipinski definition) is 2. The lowest BCUT2D eigenvalue weighted by Crippen LogP contribution is -2.26. The highest BCUT2D eigenvalue weighted by atomic mass is 35.5. The van der Waals surface area contributed by atoms with Gasteiger partial charge in [-0.05, 0) is 53.6 Å². The van der Waals surface area contributed by atoms with Crippen molar-refractivity contribution in [2.24, 2.45) is 0 Å². The highest BCUT2D eigenvalue weighted by Gasteiger charge is 2.26. The minimum absolute atomic E-state index is 0.144. The summed E-state index contributed by atoms with van der Waals surface area (Å²) in [6.45, 7) is 0.582. The Hall–Kier alpha value is -2.72. The Bertz CT molecular complexity index is 1260. The van der Waals surface area contributed by atoms with Crippen molar-refractivity contribution < 1.29 is 27.8 Å². The number of benzene rings is 3. The molecular formula is C23H20ClNO6S2. The fourth-order valence-corrected chi connectivity index (χ4v) is 6.02. The molecule has 0 saturated heterocycles. The molecule has 3 aromatic carbocycles. The van der Waals surface area contributed by atoms with Gasteiger partial charge in [0.1, 0.15) is 18.1 Å². The highest BCUT2D eigenvalue weighted by molar-refractivity contribution is 7.99. The van der Waals surface area contributed by atoms with Crippen LogP contribution in [-0.2, 0) is 16.6 Å². The van der Waals surface area contributed by atoms with Crippen molar-refractivity contribution in [3.05, 3.63) is 88.4 Å². The molecule has 0 aliphatic carbocycles. The van der Waals surface area contributed by atoms with E-state index in [1.165, 1.54) is 36.0 Å². The third-order valence-electron chi connectivity index (χ3n) is 4.99. The maximum Gasteiger partial charge on any atom is 0.511 e. The number of ether oxygens (including phenoxy) is 2. The first-order valence-corrected chi connectivity index (χ1v) is 12.9. The van der Waals surface area contributed by atoms with Gasteiger partial charge >= 0.3 is 6.16 Å². The molecule has 1 aliphatic rings. The zero-order valence-electron chi connectivity index (χ0n) is 17.2. The topological polar surface area (TPSA) is 102 Å². The molecule has 1 heterocycles. The van der Waals surface area contributed by atoms with E-state index in [0.717, 1.165) is 16.7 Å². The molecule has 0 bridgehead atoms. The Kier molecular flexibility index (Phi) is 7.14. The first kappa shape index (κ1) is 23.4. The summed E-state index contributed by atoms with van der Waals surface area (Å²) in [5, 5.41) is 9.24. The highest BCUT2D eigenvalue weighted by Crippen LogP contribution is 2.45. The number of rotatable bonds is 7. The van der Waals surface area contributed by atoms with Gasteiger partial charge in [0.15, 0.2) is 0 Å². The van der Waals surface area contributed by atoms with E-state index in [-0.39, 0.29) is 22.4 Å². The molecule has 172 valence electrons. The predicted molar refractivity (Wildman–Crippen MR) is 127 cm³/mol. The molecule has 0 aromatic heterocycles. The number of carboxylic acid groups (broad SMARTS) is 1. The van der Waals surface area contributed by atoms with Gasteiger partial charge in [0.2, 0.25) is 10.0 Å². The van der Waals surface area contributed by atoms with Gasteiger partial charge in [-0.15, -0.1) is 11.8 Å². The smallest absolute Gasteiger partial charge is 0.489 e. The van der Waals surface area contributed by atoms with E-state index in [1.54, 1.807) is 18.2 Å². The van der Waals surface area contributed by atoms with E-state index in [4.69, 9.17) is 26.2 Å². The van der Waals surface area contributed by atoms with E-state index >= 15 is 0 Å². The van der Waals surface area contributed by atoms with E-state index < -0.39 is 16.2 Å². The second kappa shape index (κ2) is 10.0. The molecule has 33 heavy (non-hydrogen) atoms. The first-order chi connectivity index (χ1) is 15.8. The van der Waals surface area contributed by atoms with Gasteiger partial charge in [-0.1, -0.05) is 35.9 Å². The quantitative estimate of drug-likeness (QED) is 0.262. The maximum absolute atomic E-state index is 12.5. The van der Waals surface area contributed by atoms with Gasteiger partial charge in [0.05, 0.1) is 10.1 Å². The van der Waals surface area contributed by atoms with Gasteiger partial charge in [0.25, 0.3) is 0 Å².